The number of esters is 1. The van der Waals surface area contributed by atoms with E-state index >= 15 is 0 Å². The topological polar surface area (TPSA) is 117 Å². The number of nitro benzene ring substituents is 1. The smallest absolute Gasteiger partial charge is 0.336 e. The molecule has 3 aromatic carbocycles. The third-order valence-corrected chi connectivity index (χ3v) is 7.74. The van der Waals surface area contributed by atoms with E-state index in [0.717, 1.165) is 14.7 Å². The second-order valence-corrected chi connectivity index (χ2v) is 10.6. The number of halogens is 1. The minimum Gasteiger partial charge on any atom is -0.490 e. The Hall–Kier alpha value is -4.19. The number of benzene rings is 3. The summed E-state index contributed by atoms with van der Waals surface area (Å²) in [7, 11) is 0. The fourth-order valence-electron chi connectivity index (χ4n) is 5.17. The van der Waals surface area contributed by atoms with E-state index in [1.807, 2.05) is 38.1 Å². The van der Waals surface area contributed by atoms with E-state index < -0.39 is 16.8 Å². The number of hydrogen-bond acceptors (Lipinski definition) is 8. The summed E-state index contributed by atoms with van der Waals surface area (Å²) in [4.78, 5) is 37.6. The second kappa shape index (κ2) is 11.7. The maximum atomic E-state index is 13.8. The van der Waals surface area contributed by atoms with E-state index in [9.17, 15) is 19.7 Å². The fraction of sp³-hybridized carbons (Fsp3) is 0.226. The van der Waals surface area contributed by atoms with Gasteiger partial charge in [0, 0.05) is 40.4 Å². The summed E-state index contributed by atoms with van der Waals surface area (Å²) >= 11 is 2.15. The Morgan fingerprint density at radius 1 is 1.02 bits per heavy atom. The van der Waals surface area contributed by atoms with Crippen LogP contribution in [0.1, 0.15) is 53.7 Å². The number of allylic oxidation sites excluding steroid dienone is 2. The number of rotatable bonds is 9. The summed E-state index contributed by atoms with van der Waals surface area (Å²) in [6.07, 6.45) is 0. The maximum absolute atomic E-state index is 13.8. The fourth-order valence-corrected chi connectivity index (χ4v) is 5.95. The maximum Gasteiger partial charge on any atom is 0.336 e. The molecule has 0 fully saturated rings. The Morgan fingerprint density at radius 2 is 1.73 bits per heavy atom. The number of nitro groups is 1. The van der Waals surface area contributed by atoms with Gasteiger partial charge >= 0.3 is 5.97 Å². The molecule has 1 heterocycles. The Morgan fingerprint density at radius 3 is 2.39 bits per heavy atom. The van der Waals surface area contributed by atoms with Gasteiger partial charge in [-0.3, -0.25) is 14.9 Å². The van der Waals surface area contributed by atoms with Gasteiger partial charge in [0.15, 0.2) is 17.3 Å². The molecule has 5 rings (SSSR count). The third kappa shape index (κ3) is 5.31. The average Bonchev–Trinajstić information content (AvgIpc) is 3.23. The van der Waals surface area contributed by atoms with E-state index in [2.05, 4.69) is 27.9 Å². The predicted molar refractivity (Wildman–Crippen MR) is 161 cm³/mol. The quantitative estimate of drug-likeness (QED) is 0.122. The molecule has 2 aliphatic rings. The van der Waals surface area contributed by atoms with Gasteiger partial charge < -0.3 is 19.5 Å². The van der Waals surface area contributed by atoms with Crippen LogP contribution in [0.5, 0.6) is 11.5 Å². The van der Waals surface area contributed by atoms with E-state index in [0.29, 0.717) is 51.8 Å². The number of carbonyl (C=O) groups is 2. The normalized spacial score (nSPS) is 15.7. The first kappa shape index (κ1) is 28.3. The van der Waals surface area contributed by atoms with E-state index in [-0.39, 0.29) is 24.7 Å². The van der Waals surface area contributed by atoms with Crippen LogP contribution in [0, 0.1) is 13.7 Å². The van der Waals surface area contributed by atoms with Crippen LogP contribution in [0.25, 0.3) is 5.70 Å². The van der Waals surface area contributed by atoms with Gasteiger partial charge in [-0.2, -0.15) is 0 Å². The molecule has 1 aliphatic carbocycles. The highest BCUT2D eigenvalue weighted by Crippen LogP contribution is 2.49. The number of non-ortho nitro benzene ring substituents is 1. The molecule has 0 spiro atoms. The Balaban J connectivity index is 1.58. The molecule has 0 radical (unpaired) electrons. The third-order valence-electron chi connectivity index (χ3n) is 6.94. The molecule has 0 amide bonds. The van der Waals surface area contributed by atoms with Crippen molar-refractivity contribution in [2.75, 3.05) is 13.2 Å². The van der Waals surface area contributed by atoms with E-state index in [1.165, 1.54) is 12.1 Å². The number of nitrogens with zero attached hydrogens (tertiary/aromatic N) is 1. The number of dihydropyridines is 1. The average molecular weight is 666 g/mol. The van der Waals surface area contributed by atoms with Gasteiger partial charge in [-0.25, -0.2) is 4.79 Å². The molecular formula is C31H27IN2O7. The van der Waals surface area contributed by atoms with Gasteiger partial charge in [0.25, 0.3) is 5.69 Å². The van der Waals surface area contributed by atoms with Crippen molar-refractivity contribution in [1.29, 1.82) is 0 Å². The lowest BCUT2D eigenvalue weighted by Gasteiger charge is -2.30. The van der Waals surface area contributed by atoms with E-state index in [1.54, 1.807) is 31.2 Å². The van der Waals surface area contributed by atoms with Gasteiger partial charge in [0.1, 0.15) is 6.61 Å². The van der Waals surface area contributed by atoms with Crippen molar-refractivity contribution in [2.45, 2.75) is 33.3 Å². The summed E-state index contributed by atoms with van der Waals surface area (Å²) in [5, 5.41) is 14.3. The van der Waals surface area contributed by atoms with Gasteiger partial charge in [-0.15, -0.1) is 0 Å². The van der Waals surface area contributed by atoms with Crippen LogP contribution < -0.4 is 14.8 Å². The molecule has 1 aliphatic heterocycles. The number of carbonyl (C=O) groups excluding carboxylic acids is 2. The summed E-state index contributed by atoms with van der Waals surface area (Å²) < 4.78 is 18.3. The zero-order chi connectivity index (χ0) is 29.3. The lowest BCUT2D eigenvalue weighted by Crippen LogP contribution is -2.29. The molecule has 0 saturated heterocycles. The molecule has 10 heteroatoms. The monoisotopic (exact) mass is 666 g/mol. The molecule has 0 bridgehead atoms. The number of hydrogen-bond donors (Lipinski definition) is 1. The van der Waals surface area contributed by atoms with Crippen LogP contribution in [-0.2, 0) is 16.1 Å². The number of ketones is 1. The first-order chi connectivity index (χ1) is 19.7. The highest BCUT2D eigenvalue weighted by atomic mass is 127. The summed E-state index contributed by atoms with van der Waals surface area (Å²) in [6.45, 7) is 6.13. The van der Waals surface area contributed by atoms with Crippen molar-refractivity contribution in [2.24, 2.45) is 0 Å². The van der Waals surface area contributed by atoms with Crippen molar-refractivity contribution >= 4 is 45.7 Å². The van der Waals surface area contributed by atoms with Crippen LogP contribution in [0.4, 0.5) is 5.69 Å². The Labute approximate surface area is 250 Å². The summed E-state index contributed by atoms with van der Waals surface area (Å²) in [5.74, 6) is -0.377. The van der Waals surface area contributed by atoms with E-state index in [4.69, 9.17) is 14.2 Å². The standard InChI is InChI=1S/C31H27IN2O7/c1-4-39-24-15-19(14-23(32)30(24)41-16-18-10-12-20(13-11-18)34(37)38)26-25(31(36)40-5-2)17(3)33-28-21-8-6-7-9-22(21)29(35)27(26)28/h6-15,26,33H,4-5,16H2,1-3H3/t26-/m1/s1. The van der Waals surface area contributed by atoms with Crippen molar-refractivity contribution < 1.29 is 28.7 Å². The number of Topliss-reactive ketones (excluding diaryl/α,β-unsaturated/α-hetero) is 1. The molecule has 3 aromatic rings. The molecule has 1 N–H and O–H groups in total. The first-order valence-electron chi connectivity index (χ1n) is 13.1. The minimum atomic E-state index is -0.693. The van der Waals surface area contributed by atoms with Crippen LogP contribution >= 0.6 is 22.6 Å². The molecule has 41 heavy (non-hydrogen) atoms. The summed E-state index contributed by atoms with van der Waals surface area (Å²) in [6, 6.07) is 17.2. The van der Waals surface area contributed by atoms with Gasteiger partial charge in [0.2, 0.25) is 0 Å². The van der Waals surface area contributed by atoms with Crippen LogP contribution in [-0.4, -0.2) is 29.9 Å². The molecule has 210 valence electrons. The van der Waals surface area contributed by atoms with Crippen molar-refractivity contribution in [3.8, 4) is 11.5 Å². The molecule has 0 aromatic heterocycles. The van der Waals surface area contributed by atoms with Gasteiger partial charge in [-0.05, 0) is 78.8 Å². The zero-order valence-corrected chi connectivity index (χ0v) is 24.8. The lowest BCUT2D eigenvalue weighted by molar-refractivity contribution is -0.384. The van der Waals surface area contributed by atoms with Crippen molar-refractivity contribution in [3.05, 3.63) is 113 Å². The number of nitrogens with one attached hydrogen (secondary N) is 1. The lowest BCUT2D eigenvalue weighted by atomic mass is 9.79. The Kier molecular flexibility index (Phi) is 8.11. The second-order valence-electron chi connectivity index (χ2n) is 9.46. The van der Waals surface area contributed by atoms with Crippen molar-refractivity contribution in [3.63, 3.8) is 0 Å². The van der Waals surface area contributed by atoms with Crippen LogP contribution in [0.15, 0.2) is 77.5 Å². The predicted octanol–water partition coefficient (Wildman–Crippen LogP) is 6.31. The highest BCUT2D eigenvalue weighted by Gasteiger charge is 2.43. The molecule has 1 atom stereocenters. The highest BCUT2D eigenvalue weighted by molar-refractivity contribution is 14.1. The number of fused-ring (bicyclic) bond motifs is 2. The Bertz CT molecular complexity index is 1630. The molecule has 0 unspecified atom stereocenters. The molecular weight excluding hydrogens is 639 g/mol. The number of ether oxygens (including phenoxy) is 3. The van der Waals surface area contributed by atoms with Crippen LogP contribution in [0.2, 0.25) is 0 Å². The minimum absolute atomic E-state index is 0.00250. The van der Waals surface area contributed by atoms with Crippen LogP contribution in [0.3, 0.4) is 0 Å². The van der Waals surface area contributed by atoms with Crippen molar-refractivity contribution in [1.82, 2.24) is 5.32 Å². The SMILES string of the molecule is CCOC(=O)C1=C(C)NC2=C(C(=O)c3ccccc32)[C@@H]1c1cc(I)c(OCc2ccc([N+](=O)[O-])cc2)c(OCC)c1. The molecule has 0 saturated carbocycles. The molecule has 9 nitrogen and oxygen atoms in total. The largest absolute Gasteiger partial charge is 0.490 e. The summed E-state index contributed by atoms with van der Waals surface area (Å²) in [5.41, 5.74) is 4.97. The van der Waals surface area contributed by atoms with Gasteiger partial charge in [0.05, 0.1) is 33.0 Å². The van der Waals surface area contributed by atoms with Gasteiger partial charge in [-0.1, -0.05) is 24.3 Å². The first-order valence-corrected chi connectivity index (χ1v) is 14.2. The zero-order valence-electron chi connectivity index (χ0n) is 22.7.